The number of aryl methyl sites for hydroxylation is 1. The SMILES string of the molecule is COC(=O)C#CC1CCCc2sccc21. The number of carbonyl (C=O) groups excluding carboxylic acids is 1. The summed E-state index contributed by atoms with van der Waals surface area (Å²) < 4.78 is 4.50. The van der Waals surface area contributed by atoms with Gasteiger partial charge in [-0.05, 0) is 36.3 Å². The lowest BCUT2D eigenvalue weighted by Gasteiger charge is -2.17. The van der Waals surface area contributed by atoms with Gasteiger partial charge in [0.05, 0.1) is 7.11 Å². The zero-order valence-electron chi connectivity index (χ0n) is 8.58. The van der Waals surface area contributed by atoms with Gasteiger partial charge in [-0.2, -0.15) is 0 Å². The molecule has 0 aliphatic heterocycles. The Hall–Kier alpha value is -1.27. The number of thiophene rings is 1. The first-order valence-electron chi connectivity index (χ1n) is 4.97. The Balaban J connectivity index is 2.18. The van der Waals surface area contributed by atoms with Gasteiger partial charge in [0.1, 0.15) is 0 Å². The zero-order valence-corrected chi connectivity index (χ0v) is 9.39. The summed E-state index contributed by atoms with van der Waals surface area (Å²) in [7, 11) is 1.36. The molecule has 2 rings (SSSR count). The fourth-order valence-electron chi connectivity index (χ4n) is 1.83. The van der Waals surface area contributed by atoms with Crippen molar-refractivity contribution in [3.05, 3.63) is 21.9 Å². The van der Waals surface area contributed by atoms with Crippen LogP contribution in [0.1, 0.15) is 29.2 Å². The minimum Gasteiger partial charge on any atom is -0.459 e. The first-order chi connectivity index (χ1) is 7.31. The highest BCUT2D eigenvalue weighted by molar-refractivity contribution is 7.10. The molecule has 1 aromatic rings. The Bertz CT molecular complexity index is 422. The van der Waals surface area contributed by atoms with Gasteiger partial charge < -0.3 is 4.74 Å². The molecular formula is C12H12O2S. The lowest BCUT2D eigenvalue weighted by molar-refractivity contribution is -0.133. The second-order valence-electron chi connectivity index (χ2n) is 3.50. The van der Waals surface area contributed by atoms with Crippen LogP contribution in [0, 0.1) is 11.8 Å². The van der Waals surface area contributed by atoms with Gasteiger partial charge in [-0.3, -0.25) is 0 Å². The molecule has 0 fully saturated rings. The fraction of sp³-hybridized carbons (Fsp3) is 0.417. The van der Waals surface area contributed by atoms with E-state index >= 15 is 0 Å². The second-order valence-corrected chi connectivity index (χ2v) is 4.51. The topological polar surface area (TPSA) is 26.3 Å². The smallest absolute Gasteiger partial charge is 0.384 e. The quantitative estimate of drug-likeness (QED) is 0.381. The molecule has 0 saturated heterocycles. The van der Waals surface area contributed by atoms with E-state index in [1.807, 2.05) is 0 Å². The molecule has 0 spiro atoms. The summed E-state index contributed by atoms with van der Waals surface area (Å²) in [5, 5.41) is 2.10. The minimum atomic E-state index is -0.447. The van der Waals surface area contributed by atoms with Crippen molar-refractivity contribution in [1.82, 2.24) is 0 Å². The summed E-state index contributed by atoms with van der Waals surface area (Å²) in [6.45, 7) is 0. The molecule has 1 unspecified atom stereocenters. The van der Waals surface area contributed by atoms with Gasteiger partial charge in [0, 0.05) is 16.7 Å². The van der Waals surface area contributed by atoms with Gasteiger partial charge in [-0.25, -0.2) is 4.79 Å². The molecule has 2 nitrogen and oxygen atoms in total. The van der Waals surface area contributed by atoms with E-state index in [1.54, 1.807) is 11.3 Å². The third-order valence-electron chi connectivity index (χ3n) is 2.59. The van der Waals surface area contributed by atoms with Crippen LogP contribution in [0.15, 0.2) is 11.4 Å². The van der Waals surface area contributed by atoms with Crippen molar-refractivity contribution < 1.29 is 9.53 Å². The summed E-state index contributed by atoms with van der Waals surface area (Å²) in [6.07, 6.45) is 3.37. The van der Waals surface area contributed by atoms with Crippen molar-refractivity contribution >= 4 is 17.3 Å². The standard InChI is InChI=1S/C12H12O2S/c1-14-12(13)6-5-9-3-2-4-11-10(9)7-8-15-11/h7-9H,2-4H2,1H3. The third-order valence-corrected chi connectivity index (χ3v) is 3.58. The average Bonchev–Trinajstić information content (AvgIpc) is 2.74. The predicted molar refractivity (Wildman–Crippen MR) is 59.8 cm³/mol. The number of fused-ring (bicyclic) bond motifs is 1. The highest BCUT2D eigenvalue weighted by atomic mass is 32.1. The number of esters is 1. The van der Waals surface area contributed by atoms with E-state index in [4.69, 9.17) is 0 Å². The molecule has 0 amide bonds. The highest BCUT2D eigenvalue weighted by Gasteiger charge is 2.19. The van der Waals surface area contributed by atoms with Gasteiger partial charge in [0.2, 0.25) is 0 Å². The lowest BCUT2D eigenvalue weighted by atomic mass is 9.88. The van der Waals surface area contributed by atoms with E-state index in [1.165, 1.54) is 17.6 Å². The average molecular weight is 220 g/mol. The maximum absolute atomic E-state index is 10.9. The van der Waals surface area contributed by atoms with Crippen LogP contribution < -0.4 is 0 Å². The zero-order chi connectivity index (χ0) is 10.7. The third kappa shape index (κ3) is 2.21. The number of rotatable bonds is 0. The molecule has 0 N–H and O–H groups in total. The van der Waals surface area contributed by atoms with E-state index < -0.39 is 5.97 Å². The summed E-state index contributed by atoms with van der Waals surface area (Å²) in [5.41, 5.74) is 1.31. The molecule has 15 heavy (non-hydrogen) atoms. The normalized spacial score (nSPS) is 18.6. The summed E-state index contributed by atoms with van der Waals surface area (Å²) in [5.74, 6) is 5.30. The Morgan fingerprint density at radius 1 is 1.67 bits per heavy atom. The minimum absolute atomic E-state index is 0.221. The second kappa shape index (κ2) is 4.50. The predicted octanol–water partition coefficient (Wildman–Crippen LogP) is 2.34. The number of methoxy groups -OCH3 is 1. The van der Waals surface area contributed by atoms with Crippen LogP contribution in [0.3, 0.4) is 0 Å². The molecule has 0 saturated carbocycles. The number of ether oxygens (including phenoxy) is 1. The van der Waals surface area contributed by atoms with Gasteiger partial charge in [0.25, 0.3) is 0 Å². The molecule has 0 bridgehead atoms. The number of hydrogen-bond acceptors (Lipinski definition) is 3. The van der Waals surface area contributed by atoms with Crippen LogP contribution in [0.25, 0.3) is 0 Å². The van der Waals surface area contributed by atoms with Gasteiger partial charge in [-0.15, -0.1) is 11.3 Å². The van der Waals surface area contributed by atoms with E-state index in [-0.39, 0.29) is 5.92 Å². The Kier molecular flexibility index (Phi) is 3.08. The van der Waals surface area contributed by atoms with Crippen LogP contribution in [-0.2, 0) is 16.0 Å². The fourth-order valence-corrected chi connectivity index (χ4v) is 2.82. The maximum Gasteiger partial charge on any atom is 0.384 e. The van der Waals surface area contributed by atoms with Crippen LogP contribution in [-0.4, -0.2) is 13.1 Å². The number of hydrogen-bond donors (Lipinski definition) is 0. The molecule has 1 atom stereocenters. The molecule has 78 valence electrons. The van der Waals surface area contributed by atoms with E-state index in [2.05, 4.69) is 28.0 Å². The Labute approximate surface area is 93.3 Å². The molecule has 3 heteroatoms. The first-order valence-corrected chi connectivity index (χ1v) is 5.85. The van der Waals surface area contributed by atoms with Crippen molar-refractivity contribution in [2.24, 2.45) is 0 Å². The Morgan fingerprint density at radius 3 is 3.33 bits per heavy atom. The molecule has 0 radical (unpaired) electrons. The van der Waals surface area contributed by atoms with Crippen molar-refractivity contribution in [2.45, 2.75) is 25.2 Å². The first kappa shape index (κ1) is 10.3. The van der Waals surface area contributed by atoms with E-state index in [0.29, 0.717) is 0 Å². The maximum atomic E-state index is 10.9. The van der Waals surface area contributed by atoms with Gasteiger partial charge in [0.15, 0.2) is 0 Å². The monoisotopic (exact) mass is 220 g/mol. The molecule has 1 aromatic heterocycles. The molecule has 1 aliphatic carbocycles. The van der Waals surface area contributed by atoms with Crippen LogP contribution >= 0.6 is 11.3 Å². The van der Waals surface area contributed by atoms with Crippen molar-refractivity contribution in [1.29, 1.82) is 0 Å². The largest absolute Gasteiger partial charge is 0.459 e. The van der Waals surface area contributed by atoms with Crippen LogP contribution in [0.2, 0.25) is 0 Å². The summed E-state index contributed by atoms with van der Waals surface area (Å²) in [4.78, 5) is 12.3. The molecule has 1 heterocycles. The van der Waals surface area contributed by atoms with Crippen molar-refractivity contribution in [2.75, 3.05) is 7.11 Å². The molecule has 1 aliphatic rings. The molecular weight excluding hydrogens is 208 g/mol. The summed E-state index contributed by atoms with van der Waals surface area (Å²) >= 11 is 1.79. The van der Waals surface area contributed by atoms with E-state index in [0.717, 1.165) is 19.3 Å². The van der Waals surface area contributed by atoms with Crippen molar-refractivity contribution in [3.8, 4) is 11.8 Å². The van der Waals surface area contributed by atoms with Crippen LogP contribution in [0.4, 0.5) is 0 Å². The van der Waals surface area contributed by atoms with Gasteiger partial charge >= 0.3 is 5.97 Å². The van der Waals surface area contributed by atoms with Crippen molar-refractivity contribution in [3.63, 3.8) is 0 Å². The molecule has 0 aromatic carbocycles. The summed E-state index contributed by atoms with van der Waals surface area (Å²) in [6, 6.07) is 2.12. The number of carbonyl (C=O) groups is 1. The van der Waals surface area contributed by atoms with Crippen LogP contribution in [0.5, 0.6) is 0 Å². The van der Waals surface area contributed by atoms with Gasteiger partial charge in [-0.1, -0.05) is 5.92 Å². The highest BCUT2D eigenvalue weighted by Crippen LogP contribution is 2.34. The lowest BCUT2D eigenvalue weighted by Crippen LogP contribution is -2.05. The Morgan fingerprint density at radius 2 is 2.53 bits per heavy atom. The van der Waals surface area contributed by atoms with E-state index in [9.17, 15) is 4.79 Å².